The van der Waals surface area contributed by atoms with Gasteiger partial charge in [0, 0.05) is 31.6 Å². The number of aromatic amines is 1. The van der Waals surface area contributed by atoms with Crippen molar-refractivity contribution in [2.45, 2.75) is 13.8 Å². The Morgan fingerprint density at radius 2 is 1.59 bits per heavy atom. The summed E-state index contributed by atoms with van der Waals surface area (Å²) in [5, 5.41) is 19.4. The minimum atomic E-state index is 0. The number of carbonyl (C=O) groups excluding carboxylic acids is 1. The van der Waals surface area contributed by atoms with Gasteiger partial charge in [-0.25, -0.2) is 19.9 Å². The number of likely N-dealkylation sites (N-methyl/N-ethyl adjacent to an activating group) is 1. The number of nitrogens with zero attached hydrogens (tertiary/aromatic N) is 9. The van der Waals surface area contributed by atoms with E-state index in [-0.39, 0.29) is 17.7 Å². The molecular weight excluding hydrogens is 659 g/mol. The normalized spacial score (nSPS) is 12.7. The van der Waals surface area contributed by atoms with Gasteiger partial charge < -0.3 is 14.8 Å². The molecule has 0 atom stereocenters. The Bertz CT molecular complexity index is 2310. The van der Waals surface area contributed by atoms with Gasteiger partial charge in [0.1, 0.15) is 33.7 Å². The molecule has 0 spiro atoms. The van der Waals surface area contributed by atoms with Crippen molar-refractivity contribution in [3.63, 3.8) is 0 Å². The third-order valence-electron chi connectivity index (χ3n) is 7.81. The molecule has 0 saturated carbocycles. The smallest absolute Gasteiger partial charge is 0.157 e. The van der Waals surface area contributed by atoms with Crippen LogP contribution in [-0.4, -0.2) is 73.7 Å². The topological polar surface area (TPSA) is 143 Å². The first-order valence-corrected chi connectivity index (χ1v) is 15.8. The summed E-state index contributed by atoms with van der Waals surface area (Å²) in [5.74, 6) is 1.72. The van der Waals surface area contributed by atoms with Gasteiger partial charge >= 0.3 is 0 Å². The molecule has 0 unspecified atom stereocenters. The second-order valence-electron chi connectivity index (χ2n) is 11.0. The number of carbonyl (C=O) groups is 1. The highest BCUT2D eigenvalue weighted by atomic mass is 35.5. The third-order valence-corrected chi connectivity index (χ3v) is 8.32. The van der Waals surface area contributed by atoms with Crippen LogP contribution in [0.25, 0.3) is 38.7 Å². The summed E-state index contributed by atoms with van der Waals surface area (Å²) in [6.45, 7) is 4.02. The van der Waals surface area contributed by atoms with Gasteiger partial charge in [-0.2, -0.15) is 10.5 Å². The number of aromatic nitrogens is 6. The zero-order chi connectivity index (χ0) is 33.6. The maximum atomic E-state index is 10.2. The molecule has 0 radical (unpaired) electrons. The summed E-state index contributed by atoms with van der Waals surface area (Å²) in [4.78, 5) is 35.4. The van der Waals surface area contributed by atoms with Gasteiger partial charge in [0.25, 0.3) is 0 Å². The first-order valence-electron chi connectivity index (χ1n) is 15.0. The van der Waals surface area contributed by atoms with Crippen LogP contribution in [0.15, 0.2) is 78.9 Å². The Morgan fingerprint density at radius 1 is 0.857 bits per heavy atom. The standard InChI is InChI=1S/C20H18N6.C9H7N3.C6H3Cl2NO.CH4/c1-24-8-10-25(11-9-24)18-7-6-14-12-15(13-21)20-22-16-4-2-3-5-17(16)26(20)19(14)23-18;10-6-5-9-11-7-3-1-2-4-8(7)12-9;7-5-2-1-4(3-10)6(8)9-5;/h2-7,12H,8-11H2,1H3;1-4H,5H2,(H,11,12);1-3H;1H4. The van der Waals surface area contributed by atoms with Crippen LogP contribution >= 0.6 is 23.2 Å². The lowest BCUT2D eigenvalue weighted by Gasteiger charge is -2.33. The first kappa shape index (κ1) is 34.7. The molecule has 1 N–H and O–H groups in total. The number of anilines is 1. The van der Waals surface area contributed by atoms with Crippen LogP contribution in [0.2, 0.25) is 10.3 Å². The van der Waals surface area contributed by atoms with Crippen LogP contribution in [0.4, 0.5) is 5.82 Å². The van der Waals surface area contributed by atoms with E-state index in [1.54, 1.807) is 0 Å². The Balaban J connectivity index is 0.000000169. The van der Waals surface area contributed by atoms with Gasteiger partial charge in [-0.15, -0.1) is 0 Å². The molecule has 0 aliphatic carbocycles. The van der Waals surface area contributed by atoms with Crippen molar-refractivity contribution in [2.75, 3.05) is 38.1 Å². The van der Waals surface area contributed by atoms with Gasteiger partial charge in [-0.1, -0.05) is 54.9 Å². The molecule has 5 aromatic heterocycles. The van der Waals surface area contributed by atoms with E-state index in [1.165, 1.54) is 12.1 Å². The van der Waals surface area contributed by atoms with Crippen molar-refractivity contribution in [3.8, 4) is 12.1 Å². The fraction of sp³-hybridized carbons (Fsp3) is 0.194. The number of benzene rings is 2. The SMILES string of the molecule is C.CN1CCN(c2ccc3cc(C#N)c4nc5ccccc5n4c3n2)CC1.N#CCc1nc2ccccc2[nH]1.O=Cc1ccc(Cl)nc1Cl. The van der Waals surface area contributed by atoms with Crippen molar-refractivity contribution in [2.24, 2.45) is 0 Å². The number of H-pyrrole nitrogens is 1. The van der Waals surface area contributed by atoms with Gasteiger partial charge in [0.2, 0.25) is 0 Å². The zero-order valence-electron chi connectivity index (χ0n) is 25.8. The number of hydrogen-bond acceptors (Lipinski definition) is 9. The lowest BCUT2D eigenvalue weighted by Crippen LogP contribution is -2.44. The van der Waals surface area contributed by atoms with E-state index in [9.17, 15) is 10.1 Å². The summed E-state index contributed by atoms with van der Waals surface area (Å²) in [5.41, 5.74) is 6.21. The van der Waals surface area contributed by atoms with Crippen molar-refractivity contribution in [1.29, 1.82) is 10.5 Å². The molecule has 1 saturated heterocycles. The van der Waals surface area contributed by atoms with Crippen molar-refractivity contribution < 1.29 is 4.79 Å². The Labute approximate surface area is 293 Å². The number of aldehydes is 1. The van der Waals surface area contributed by atoms with Crippen LogP contribution < -0.4 is 4.90 Å². The first-order chi connectivity index (χ1) is 23.4. The number of pyridine rings is 3. The molecule has 11 nitrogen and oxygen atoms in total. The summed E-state index contributed by atoms with van der Waals surface area (Å²) < 4.78 is 2.02. The predicted molar refractivity (Wildman–Crippen MR) is 194 cm³/mol. The van der Waals surface area contributed by atoms with E-state index >= 15 is 0 Å². The van der Waals surface area contributed by atoms with E-state index in [2.05, 4.69) is 61.1 Å². The molecule has 7 aromatic rings. The lowest BCUT2D eigenvalue weighted by molar-refractivity contribution is 0.112. The third kappa shape index (κ3) is 7.61. The molecule has 2 aromatic carbocycles. The lowest BCUT2D eigenvalue weighted by atomic mass is 10.2. The molecular formula is C36H32Cl2N10O. The van der Waals surface area contributed by atoms with E-state index < -0.39 is 0 Å². The Hall–Kier alpha value is -5.59. The molecule has 0 amide bonds. The molecule has 13 heteroatoms. The number of imidazole rings is 2. The number of fused-ring (bicyclic) bond motifs is 6. The number of halogens is 2. The zero-order valence-corrected chi connectivity index (χ0v) is 27.3. The van der Waals surface area contributed by atoms with Gasteiger partial charge in [0.05, 0.1) is 45.7 Å². The predicted octanol–water partition coefficient (Wildman–Crippen LogP) is 7.13. The maximum absolute atomic E-state index is 10.2. The van der Waals surface area contributed by atoms with Crippen molar-refractivity contribution >= 4 is 74.1 Å². The highest BCUT2D eigenvalue weighted by Gasteiger charge is 2.18. The molecule has 8 rings (SSSR count). The number of hydrogen-bond donors (Lipinski definition) is 1. The minimum absolute atomic E-state index is 0. The molecule has 0 bridgehead atoms. The van der Waals surface area contributed by atoms with Crippen LogP contribution in [0, 0.1) is 22.7 Å². The summed E-state index contributed by atoms with van der Waals surface area (Å²) >= 11 is 11.0. The Kier molecular flexibility index (Phi) is 11.0. The number of rotatable bonds is 3. The highest BCUT2D eigenvalue weighted by Crippen LogP contribution is 2.27. The second kappa shape index (κ2) is 15.5. The minimum Gasteiger partial charge on any atom is -0.354 e. The van der Waals surface area contributed by atoms with Crippen molar-refractivity contribution in [3.05, 3.63) is 106 Å². The number of nitrogens with one attached hydrogen (secondary N) is 1. The van der Waals surface area contributed by atoms with Crippen LogP contribution in [0.1, 0.15) is 29.2 Å². The van der Waals surface area contributed by atoms with Crippen molar-refractivity contribution in [1.82, 2.24) is 34.2 Å². The average molecular weight is 692 g/mol. The quantitative estimate of drug-likeness (QED) is 0.151. The number of nitriles is 2. The number of para-hydroxylation sites is 4. The highest BCUT2D eigenvalue weighted by molar-refractivity contribution is 6.33. The molecule has 1 aliphatic heterocycles. The van der Waals surface area contributed by atoms with Crippen LogP contribution in [0.3, 0.4) is 0 Å². The molecule has 1 fully saturated rings. The second-order valence-corrected chi connectivity index (χ2v) is 11.7. The summed E-state index contributed by atoms with van der Waals surface area (Å²) in [7, 11) is 2.15. The summed E-state index contributed by atoms with van der Waals surface area (Å²) in [6.07, 6.45) is 0.973. The molecule has 246 valence electrons. The van der Waals surface area contributed by atoms with Gasteiger partial charge in [-0.3, -0.25) is 9.20 Å². The van der Waals surface area contributed by atoms with Gasteiger partial charge in [-0.05, 0) is 61.6 Å². The van der Waals surface area contributed by atoms with E-state index in [0.29, 0.717) is 29.5 Å². The number of piperazine rings is 1. The monoisotopic (exact) mass is 690 g/mol. The Morgan fingerprint density at radius 3 is 2.29 bits per heavy atom. The largest absolute Gasteiger partial charge is 0.354 e. The molecule has 1 aliphatic rings. The van der Waals surface area contributed by atoms with E-state index in [0.717, 1.165) is 70.9 Å². The summed E-state index contributed by atoms with van der Waals surface area (Å²) in [6, 6.07) is 29.1. The fourth-order valence-corrected chi connectivity index (χ4v) is 5.74. The van der Waals surface area contributed by atoms with Crippen LogP contribution in [0.5, 0.6) is 0 Å². The maximum Gasteiger partial charge on any atom is 0.157 e. The molecule has 49 heavy (non-hydrogen) atoms. The van der Waals surface area contributed by atoms with Gasteiger partial charge in [0.15, 0.2) is 11.9 Å². The molecule has 6 heterocycles. The van der Waals surface area contributed by atoms with E-state index in [4.69, 9.17) is 33.4 Å². The van der Waals surface area contributed by atoms with Crippen LogP contribution in [-0.2, 0) is 6.42 Å². The fourth-order valence-electron chi connectivity index (χ4n) is 5.35. The van der Waals surface area contributed by atoms with E-state index in [1.807, 2.05) is 59.0 Å². The average Bonchev–Trinajstić information content (AvgIpc) is 3.70.